The lowest BCUT2D eigenvalue weighted by Gasteiger charge is -2.13. The zero-order valence-electron chi connectivity index (χ0n) is 19.2. The van der Waals surface area contributed by atoms with Crippen molar-refractivity contribution in [2.75, 3.05) is 0 Å². The number of benzene rings is 3. The predicted octanol–water partition coefficient (Wildman–Crippen LogP) is 7.41. The molecule has 5 aromatic rings. The molecule has 2 heterocycles. The van der Waals surface area contributed by atoms with Gasteiger partial charge in [-0.25, -0.2) is 4.98 Å². The average molecular weight is 466 g/mol. The Bertz CT molecular complexity index is 1640. The number of imidazole rings is 1. The van der Waals surface area contributed by atoms with Crippen molar-refractivity contribution in [3.05, 3.63) is 101 Å². The van der Waals surface area contributed by atoms with Crippen molar-refractivity contribution >= 4 is 28.8 Å². The van der Waals surface area contributed by atoms with E-state index in [1.165, 1.54) is 11.6 Å². The van der Waals surface area contributed by atoms with Gasteiger partial charge >= 0.3 is 6.61 Å². The molecule has 0 aliphatic rings. The quantitative estimate of drug-likeness (QED) is 0.271. The molecule has 3 aromatic carbocycles. The molecule has 0 bridgehead atoms. The number of hydrogen-bond donors (Lipinski definition) is 0. The molecule has 172 valence electrons. The molecule has 4 nitrogen and oxygen atoms in total. The second-order valence-electron chi connectivity index (χ2n) is 8.28. The van der Waals surface area contributed by atoms with Gasteiger partial charge in [0, 0.05) is 5.56 Å². The third-order valence-corrected chi connectivity index (χ3v) is 6.10. The van der Waals surface area contributed by atoms with E-state index >= 15 is 0 Å². The number of nitriles is 1. The predicted molar refractivity (Wildman–Crippen MR) is 134 cm³/mol. The molecule has 0 aliphatic carbocycles. The van der Waals surface area contributed by atoms with Gasteiger partial charge in [0.2, 0.25) is 0 Å². The van der Waals surface area contributed by atoms with Crippen LogP contribution in [0.1, 0.15) is 27.8 Å². The first-order valence-electron chi connectivity index (χ1n) is 11.1. The Hall–Kier alpha value is -4.50. The Balaban J connectivity index is 1.77. The molecular weight excluding hydrogens is 444 g/mol. The minimum atomic E-state index is -2.93. The molecule has 6 heteroatoms. The minimum Gasteiger partial charge on any atom is -0.434 e. The Morgan fingerprint density at radius 2 is 1.66 bits per heavy atom. The van der Waals surface area contributed by atoms with Crippen LogP contribution in [0.4, 0.5) is 8.78 Å². The van der Waals surface area contributed by atoms with E-state index in [0.717, 1.165) is 27.9 Å². The third-order valence-electron chi connectivity index (χ3n) is 6.10. The first-order chi connectivity index (χ1) is 17.0. The molecule has 35 heavy (non-hydrogen) atoms. The number of hydrogen-bond acceptors (Lipinski definition) is 3. The first kappa shape index (κ1) is 22.3. The lowest BCUT2D eigenvalue weighted by molar-refractivity contribution is -0.0499. The van der Waals surface area contributed by atoms with Gasteiger partial charge in [0.1, 0.15) is 17.4 Å². The van der Waals surface area contributed by atoms with Gasteiger partial charge in [0.05, 0.1) is 16.7 Å². The topological polar surface area (TPSA) is 50.3 Å². The number of para-hydroxylation sites is 3. The van der Waals surface area contributed by atoms with Gasteiger partial charge in [-0.2, -0.15) is 14.0 Å². The number of aromatic nitrogens is 2. The van der Waals surface area contributed by atoms with Crippen LogP contribution in [0.25, 0.3) is 40.1 Å². The van der Waals surface area contributed by atoms with Crippen LogP contribution in [0.5, 0.6) is 5.75 Å². The van der Waals surface area contributed by atoms with Crippen LogP contribution in [-0.4, -0.2) is 16.0 Å². The zero-order valence-corrected chi connectivity index (χ0v) is 19.2. The molecule has 0 saturated heterocycles. The van der Waals surface area contributed by atoms with Gasteiger partial charge in [-0.15, -0.1) is 0 Å². The summed E-state index contributed by atoms with van der Waals surface area (Å²) in [5, 5.41) is 10.1. The summed E-state index contributed by atoms with van der Waals surface area (Å²) in [7, 11) is 0. The Morgan fingerprint density at radius 3 is 2.43 bits per heavy atom. The summed E-state index contributed by atoms with van der Waals surface area (Å²) < 4.78 is 32.4. The molecule has 0 radical (unpaired) electrons. The Kier molecular flexibility index (Phi) is 5.76. The summed E-state index contributed by atoms with van der Waals surface area (Å²) in [4.78, 5) is 4.77. The fourth-order valence-corrected chi connectivity index (χ4v) is 4.21. The highest BCUT2D eigenvalue weighted by Gasteiger charge is 2.17. The minimum absolute atomic E-state index is 0.0688. The molecule has 0 unspecified atom stereocenters. The van der Waals surface area contributed by atoms with E-state index in [-0.39, 0.29) is 5.75 Å². The molecular formula is C29H21F2N3O. The summed E-state index contributed by atoms with van der Waals surface area (Å²) in [6.07, 6.45) is 3.42. The van der Waals surface area contributed by atoms with Crippen LogP contribution < -0.4 is 4.74 Å². The van der Waals surface area contributed by atoms with Crippen LogP contribution >= 0.6 is 0 Å². The van der Waals surface area contributed by atoms with Crippen LogP contribution in [0.3, 0.4) is 0 Å². The van der Waals surface area contributed by atoms with E-state index in [1.807, 2.05) is 34.7 Å². The van der Waals surface area contributed by atoms with E-state index in [0.29, 0.717) is 22.3 Å². The van der Waals surface area contributed by atoms with Gasteiger partial charge in [0.25, 0.3) is 0 Å². The van der Waals surface area contributed by atoms with Crippen molar-refractivity contribution in [1.82, 2.24) is 9.38 Å². The largest absolute Gasteiger partial charge is 0.434 e. The molecule has 0 saturated carbocycles. The monoisotopic (exact) mass is 465 g/mol. The number of aryl methyl sites for hydroxylation is 2. The van der Waals surface area contributed by atoms with Crippen molar-refractivity contribution in [1.29, 1.82) is 5.26 Å². The van der Waals surface area contributed by atoms with E-state index in [4.69, 9.17) is 4.98 Å². The van der Waals surface area contributed by atoms with Crippen molar-refractivity contribution < 1.29 is 13.5 Å². The number of ether oxygens (including phenoxy) is 1. The lowest BCUT2D eigenvalue weighted by Crippen LogP contribution is -2.03. The lowest BCUT2D eigenvalue weighted by atomic mass is 10.00. The van der Waals surface area contributed by atoms with E-state index < -0.39 is 6.61 Å². The molecule has 5 rings (SSSR count). The molecule has 0 amide bonds. The maximum Gasteiger partial charge on any atom is 0.387 e. The molecule has 0 atom stereocenters. The van der Waals surface area contributed by atoms with Crippen molar-refractivity contribution in [2.45, 2.75) is 20.5 Å². The highest BCUT2D eigenvalue weighted by atomic mass is 19.3. The van der Waals surface area contributed by atoms with E-state index in [2.05, 4.69) is 42.9 Å². The standard InChI is InChI=1S/C29H21F2N3O/c1-18-11-12-22(15-19(18)2)26-16-21(14-13-20-7-3-6-10-27(20)35-29(30)31)23(17-32)28-33-24-8-4-5-9-25(24)34(26)28/h3-16,29H,1-2H3/b14-13+. The van der Waals surface area contributed by atoms with Gasteiger partial charge < -0.3 is 4.74 Å². The van der Waals surface area contributed by atoms with Crippen LogP contribution in [0, 0.1) is 25.2 Å². The van der Waals surface area contributed by atoms with Crippen LogP contribution in [0.15, 0.2) is 72.8 Å². The number of alkyl halides is 2. The molecule has 2 aromatic heterocycles. The SMILES string of the molecule is Cc1ccc(-c2cc(/C=C/c3ccccc3OC(F)F)c(C#N)c3nc4ccccc4n23)cc1C. The third kappa shape index (κ3) is 4.13. The number of halogens is 2. The van der Waals surface area contributed by atoms with Crippen molar-refractivity contribution in [3.63, 3.8) is 0 Å². The second-order valence-corrected chi connectivity index (χ2v) is 8.28. The first-order valence-corrected chi connectivity index (χ1v) is 11.1. The number of nitrogens with zero attached hydrogens (tertiary/aromatic N) is 3. The summed E-state index contributed by atoms with van der Waals surface area (Å²) in [5.41, 5.74) is 7.95. The van der Waals surface area contributed by atoms with Gasteiger partial charge in [-0.3, -0.25) is 4.40 Å². The normalized spacial score (nSPS) is 11.5. The van der Waals surface area contributed by atoms with E-state index in [9.17, 15) is 14.0 Å². The highest BCUT2D eigenvalue weighted by molar-refractivity contribution is 5.89. The molecule has 0 aliphatic heterocycles. The summed E-state index contributed by atoms with van der Waals surface area (Å²) >= 11 is 0. The maximum atomic E-state index is 12.9. The van der Waals surface area contributed by atoms with Crippen molar-refractivity contribution in [2.24, 2.45) is 0 Å². The smallest absolute Gasteiger partial charge is 0.387 e. The number of pyridine rings is 1. The van der Waals surface area contributed by atoms with Crippen molar-refractivity contribution in [3.8, 4) is 23.1 Å². The highest BCUT2D eigenvalue weighted by Crippen LogP contribution is 2.32. The number of fused-ring (bicyclic) bond motifs is 3. The van der Waals surface area contributed by atoms with Gasteiger partial charge in [0.15, 0.2) is 5.65 Å². The summed E-state index contributed by atoms with van der Waals surface area (Å²) in [5.74, 6) is 0.0688. The second kappa shape index (κ2) is 9.03. The average Bonchev–Trinajstić information content (AvgIpc) is 3.23. The Morgan fingerprint density at radius 1 is 0.914 bits per heavy atom. The Labute approximate surface area is 201 Å². The fourth-order valence-electron chi connectivity index (χ4n) is 4.21. The number of rotatable bonds is 5. The van der Waals surface area contributed by atoms with Crippen LogP contribution in [-0.2, 0) is 0 Å². The molecule has 0 fully saturated rings. The molecule has 0 spiro atoms. The molecule has 0 N–H and O–H groups in total. The van der Waals surface area contributed by atoms with Gasteiger partial charge in [-0.1, -0.05) is 54.6 Å². The van der Waals surface area contributed by atoms with E-state index in [1.54, 1.807) is 30.4 Å². The zero-order chi connectivity index (χ0) is 24.5. The summed E-state index contributed by atoms with van der Waals surface area (Å²) in [6.45, 7) is 1.20. The summed E-state index contributed by atoms with van der Waals surface area (Å²) in [6, 6.07) is 24.8. The maximum absolute atomic E-state index is 12.9. The van der Waals surface area contributed by atoms with Crippen LogP contribution in [0.2, 0.25) is 0 Å². The van der Waals surface area contributed by atoms with Gasteiger partial charge in [-0.05, 0) is 66.4 Å². The fraction of sp³-hybridized carbons (Fsp3) is 0.103.